The lowest BCUT2D eigenvalue weighted by atomic mass is 9.93. The number of carboxylic acid groups (broad SMARTS) is 1. The fraction of sp³-hybridized carbons (Fsp3) is 0.273. The van der Waals surface area contributed by atoms with Crippen LogP contribution in [0.15, 0.2) is 84.9 Å². The van der Waals surface area contributed by atoms with E-state index in [1.807, 2.05) is 42.5 Å². The van der Waals surface area contributed by atoms with Crippen LogP contribution in [0.4, 0.5) is 0 Å². The van der Waals surface area contributed by atoms with E-state index in [2.05, 4.69) is 11.4 Å². The van der Waals surface area contributed by atoms with Crippen molar-refractivity contribution in [2.24, 2.45) is 5.92 Å². The molecule has 1 aliphatic heterocycles. The van der Waals surface area contributed by atoms with Crippen molar-refractivity contribution in [3.63, 3.8) is 0 Å². The summed E-state index contributed by atoms with van der Waals surface area (Å²) < 4.78 is 5.79. The highest BCUT2D eigenvalue weighted by Gasteiger charge is 2.26. The van der Waals surface area contributed by atoms with Crippen LogP contribution in [0.5, 0.6) is 5.75 Å². The summed E-state index contributed by atoms with van der Waals surface area (Å²) in [4.78, 5) is 38.9. The van der Waals surface area contributed by atoms with Gasteiger partial charge in [-0.3, -0.25) is 9.59 Å². The number of carbonyl (C=O) groups is 3. The van der Waals surface area contributed by atoms with Gasteiger partial charge in [-0.15, -0.1) is 0 Å². The standard InChI is InChI=1S/C33H33N3O5/c34-22-27-8-6-24(7-9-27)12-15-32(38)36-18-16-26(17-19-36)21-31(37)35-30(33(39)40)20-25-10-13-29(14-11-25)41-23-28-4-2-1-3-5-28/h1-15,26,30H,16-21,23H2,(H,35,37)(H,39,40)/b15-12+/t30-/m0/s1. The van der Waals surface area contributed by atoms with Crippen LogP contribution in [-0.2, 0) is 27.4 Å². The molecule has 8 nitrogen and oxygen atoms in total. The van der Waals surface area contributed by atoms with E-state index >= 15 is 0 Å². The Kier molecular flexibility index (Phi) is 10.3. The molecule has 2 amide bonds. The Balaban J connectivity index is 1.20. The van der Waals surface area contributed by atoms with Gasteiger partial charge < -0.3 is 20.1 Å². The fourth-order valence-corrected chi connectivity index (χ4v) is 4.71. The molecule has 3 aromatic rings. The van der Waals surface area contributed by atoms with Crippen molar-refractivity contribution in [2.75, 3.05) is 13.1 Å². The van der Waals surface area contributed by atoms with Gasteiger partial charge in [-0.05, 0) is 65.8 Å². The number of benzene rings is 3. The third-order valence-electron chi connectivity index (χ3n) is 7.10. The first kappa shape index (κ1) is 29.1. The van der Waals surface area contributed by atoms with E-state index in [1.54, 1.807) is 47.4 Å². The maximum absolute atomic E-state index is 12.7. The molecule has 0 aromatic heterocycles. The maximum Gasteiger partial charge on any atom is 0.326 e. The summed E-state index contributed by atoms with van der Waals surface area (Å²) in [7, 11) is 0. The quantitative estimate of drug-likeness (QED) is 0.337. The number of carbonyl (C=O) groups excluding carboxylic acids is 2. The summed E-state index contributed by atoms with van der Waals surface area (Å²) in [5.41, 5.74) is 3.24. The van der Waals surface area contributed by atoms with Crippen LogP contribution in [0.2, 0.25) is 0 Å². The van der Waals surface area contributed by atoms with E-state index < -0.39 is 12.0 Å². The number of carboxylic acids is 1. The molecule has 0 saturated carbocycles. The van der Waals surface area contributed by atoms with Crippen LogP contribution in [-0.4, -0.2) is 46.9 Å². The molecule has 1 saturated heterocycles. The number of nitrogens with zero attached hydrogens (tertiary/aromatic N) is 2. The molecule has 4 rings (SSSR count). The molecular weight excluding hydrogens is 518 g/mol. The molecule has 1 aliphatic rings. The lowest BCUT2D eigenvalue weighted by Crippen LogP contribution is -2.44. The second-order valence-electron chi connectivity index (χ2n) is 10.1. The Bertz CT molecular complexity index is 1390. The van der Waals surface area contributed by atoms with E-state index in [1.165, 1.54) is 6.08 Å². The number of amides is 2. The first-order valence-corrected chi connectivity index (χ1v) is 13.6. The predicted molar refractivity (Wildman–Crippen MR) is 155 cm³/mol. The second kappa shape index (κ2) is 14.5. The van der Waals surface area contributed by atoms with Crippen LogP contribution in [0.25, 0.3) is 6.08 Å². The maximum atomic E-state index is 12.7. The monoisotopic (exact) mass is 551 g/mol. The number of piperidine rings is 1. The summed E-state index contributed by atoms with van der Waals surface area (Å²) in [5.74, 6) is -0.720. The Morgan fingerprint density at radius 3 is 2.29 bits per heavy atom. The van der Waals surface area contributed by atoms with E-state index in [4.69, 9.17) is 10.00 Å². The topological polar surface area (TPSA) is 120 Å². The summed E-state index contributed by atoms with van der Waals surface area (Å²) >= 11 is 0. The van der Waals surface area contributed by atoms with Gasteiger partial charge in [0.2, 0.25) is 11.8 Å². The molecule has 210 valence electrons. The molecule has 0 aliphatic carbocycles. The van der Waals surface area contributed by atoms with Crippen molar-refractivity contribution in [3.05, 3.63) is 107 Å². The Morgan fingerprint density at radius 1 is 0.976 bits per heavy atom. The summed E-state index contributed by atoms with van der Waals surface area (Å²) in [6.07, 6.45) is 4.98. The number of likely N-dealkylation sites (tertiary alicyclic amines) is 1. The molecule has 0 radical (unpaired) electrons. The highest BCUT2D eigenvalue weighted by molar-refractivity contribution is 5.92. The van der Waals surface area contributed by atoms with Crippen molar-refractivity contribution in [3.8, 4) is 11.8 Å². The smallest absolute Gasteiger partial charge is 0.326 e. The lowest BCUT2D eigenvalue weighted by Gasteiger charge is -2.31. The van der Waals surface area contributed by atoms with Gasteiger partial charge in [0.25, 0.3) is 0 Å². The highest BCUT2D eigenvalue weighted by atomic mass is 16.5. The average Bonchev–Trinajstić information content (AvgIpc) is 3.00. The molecule has 0 unspecified atom stereocenters. The zero-order valence-corrected chi connectivity index (χ0v) is 22.7. The number of aliphatic carboxylic acids is 1. The average molecular weight is 552 g/mol. The van der Waals surface area contributed by atoms with Gasteiger partial charge in [0.05, 0.1) is 11.6 Å². The Labute approximate surface area is 239 Å². The van der Waals surface area contributed by atoms with E-state index in [0.29, 0.717) is 43.9 Å². The van der Waals surface area contributed by atoms with Gasteiger partial charge in [0, 0.05) is 32.0 Å². The van der Waals surface area contributed by atoms with Crippen LogP contribution in [0.1, 0.15) is 41.5 Å². The molecule has 1 heterocycles. The number of nitrogens with one attached hydrogen (secondary N) is 1. The van der Waals surface area contributed by atoms with Gasteiger partial charge in [-0.2, -0.15) is 5.26 Å². The van der Waals surface area contributed by atoms with Crippen LogP contribution in [0.3, 0.4) is 0 Å². The summed E-state index contributed by atoms with van der Waals surface area (Å²) in [5, 5.41) is 21.3. The third kappa shape index (κ3) is 9.07. The summed E-state index contributed by atoms with van der Waals surface area (Å²) in [6.45, 7) is 1.52. The van der Waals surface area contributed by atoms with Crippen molar-refractivity contribution in [2.45, 2.75) is 38.3 Å². The second-order valence-corrected chi connectivity index (χ2v) is 10.1. The number of nitriles is 1. The molecular formula is C33H33N3O5. The first-order chi connectivity index (χ1) is 19.9. The van der Waals surface area contributed by atoms with Crippen molar-refractivity contribution in [1.29, 1.82) is 5.26 Å². The lowest BCUT2D eigenvalue weighted by molar-refractivity contribution is -0.142. The number of hydrogen-bond acceptors (Lipinski definition) is 5. The zero-order chi connectivity index (χ0) is 29.0. The molecule has 8 heteroatoms. The molecule has 0 bridgehead atoms. The SMILES string of the molecule is N#Cc1ccc(/C=C/C(=O)N2CCC(CC(=O)N[C@@H](Cc3ccc(OCc4ccccc4)cc3)C(=O)O)CC2)cc1. The molecule has 41 heavy (non-hydrogen) atoms. The van der Waals surface area contributed by atoms with Crippen molar-refractivity contribution >= 4 is 23.9 Å². The molecule has 1 atom stereocenters. The molecule has 1 fully saturated rings. The van der Waals surface area contributed by atoms with E-state index in [-0.39, 0.29) is 30.6 Å². The number of hydrogen-bond donors (Lipinski definition) is 2. The molecule has 2 N–H and O–H groups in total. The van der Waals surface area contributed by atoms with Gasteiger partial charge in [0.1, 0.15) is 18.4 Å². The Hall–Kier alpha value is -4.90. The minimum absolute atomic E-state index is 0.0806. The minimum Gasteiger partial charge on any atom is -0.489 e. The summed E-state index contributed by atoms with van der Waals surface area (Å²) in [6, 6.07) is 25.0. The zero-order valence-electron chi connectivity index (χ0n) is 22.7. The number of ether oxygens (including phenoxy) is 1. The van der Waals surface area contributed by atoms with E-state index in [0.717, 1.165) is 16.7 Å². The molecule has 0 spiro atoms. The van der Waals surface area contributed by atoms with Crippen molar-refractivity contribution < 1.29 is 24.2 Å². The van der Waals surface area contributed by atoms with Crippen LogP contribution >= 0.6 is 0 Å². The van der Waals surface area contributed by atoms with Crippen molar-refractivity contribution in [1.82, 2.24) is 10.2 Å². The van der Waals surface area contributed by atoms with Crippen LogP contribution < -0.4 is 10.1 Å². The number of rotatable bonds is 11. The highest BCUT2D eigenvalue weighted by Crippen LogP contribution is 2.21. The van der Waals surface area contributed by atoms with Gasteiger partial charge in [-0.25, -0.2) is 4.79 Å². The van der Waals surface area contributed by atoms with Gasteiger partial charge in [-0.1, -0.05) is 54.6 Å². The minimum atomic E-state index is -1.09. The fourth-order valence-electron chi connectivity index (χ4n) is 4.71. The largest absolute Gasteiger partial charge is 0.489 e. The Morgan fingerprint density at radius 2 is 1.66 bits per heavy atom. The van der Waals surface area contributed by atoms with Gasteiger partial charge >= 0.3 is 5.97 Å². The predicted octanol–water partition coefficient (Wildman–Crippen LogP) is 4.59. The van der Waals surface area contributed by atoms with E-state index in [9.17, 15) is 19.5 Å². The third-order valence-corrected chi connectivity index (χ3v) is 7.10. The molecule has 3 aromatic carbocycles. The first-order valence-electron chi connectivity index (χ1n) is 13.6. The van der Waals surface area contributed by atoms with Gasteiger partial charge in [0.15, 0.2) is 0 Å². The van der Waals surface area contributed by atoms with Crippen LogP contribution in [0, 0.1) is 17.2 Å². The normalized spacial score (nSPS) is 14.3.